The molecule has 2 aliphatic heterocycles. The first kappa shape index (κ1) is 32.1. The highest BCUT2D eigenvalue weighted by molar-refractivity contribution is 7.11. The minimum absolute atomic E-state index is 0.00732. The van der Waals surface area contributed by atoms with E-state index in [0.29, 0.717) is 53.5 Å². The molecule has 0 radical (unpaired) electrons. The molecular weight excluding hydrogens is 595 g/mol. The number of esters is 1. The molecule has 238 valence electrons. The molecule has 0 amide bonds. The van der Waals surface area contributed by atoms with Gasteiger partial charge in [0.25, 0.3) is 5.92 Å². The van der Waals surface area contributed by atoms with Gasteiger partial charge in [-0.3, -0.25) is 14.7 Å². The van der Waals surface area contributed by atoms with E-state index in [2.05, 4.69) is 15.6 Å². The Balaban J connectivity index is 1.41. The number of benzene rings is 1. The molecule has 1 aliphatic carbocycles. The number of rotatable bonds is 11. The van der Waals surface area contributed by atoms with Crippen LogP contribution in [0.3, 0.4) is 0 Å². The van der Waals surface area contributed by atoms with Gasteiger partial charge >= 0.3 is 11.9 Å². The first-order valence-electron chi connectivity index (χ1n) is 15.0. The Bertz CT molecular complexity index is 1410. The number of carbonyl (C=O) groups is 2. The highest BCUT2D eigenvalue weighted by Gasteiger charge is 2.46. The van der Waals surface area contributed by atoms with Crippen molar-refractivity contribution in [1.82, 2.24) is 20.5 Å². The van der Waals surface area contributed by atoms with Crippen LogP contribution in [0.4, 0.5) is 13.2 Å². The Hall–Kier alpha value is -3.29. The van der Waals surface area contributed by atoms with E-state index in [1.54, 1.807) is 42.5 Å². The molecule has 0 bridgehead atoms. The second-order valence-corrected chi connectivity index (χ2v) is 12.6. The molecule has 9 nitrogen and oxygen atoms in total. The second kappa shape index (κ2) is 13.8. The summed E-state index contributed by atoms with van der Waals surface area (Å²) in [6.07, 6.45) is 4.44. The largest absolute Gasteiger partial charge is 0.481 e. The van der Waals surface area contributed by atoms with Gasteiger partial charge in [-0.25, -0.2) is 22.9 Å². The van der Waals surface area contributed by atoms with Crippen LogP contribution in [0.5, 0.6) is 0 Å². The Morgan fingerprint density at radius 3 is 2.70 bits per heavy atom. The lowest BCUT2D eigenvalue weighted by Gasteiger charge is -2.32. The Morgan fingerprint density at radius 1 is 1.25 bits per heavy atom. The Morgan fingerprint density at radius 2 is 2.02 bits per heavy atom. The average molecular weight is 634 g/mol. The Labute approximate surface area is 258 Å². The van der Waals surface area contributed by atoms with E-state index >= 15 is 0 Å². The number of carboxylic acids is 1. The maximum Gasteiger partial charge on any atom is 0.338 e. The number of likely N-dealkylation sites (tertiary alicyclic amines) is 1. The van der Waals surface area contributed by atoms with E-state index in [1.807, 2.05) is 0 Å². The molecule has 1 aromatic heterocycles. The number of halogens is 3. The van der Waals surface area contributed by atoms with Gasteiger partial charge in [-0.1, -0.05) is 12.1 Å². The number of hydrogen-bond acceptors (Lipinski definition) is 9. The molecule has 3 aliphatic rings. The molecule has 3 N–H and O–H groups in total. The van der Waals surface area contributed by atoms with Crippen molar-refractivity contribution in [2.75, 3.05) is 26.2 Å². The number of nitrogens with one attached hydrogen (secondary N) is 2. The third-order valence-corrected chi connectivity index (χ3v) is 9.47. The summed E-state index contributed by atoms with van der Waals surface area (Å²) >= 11 is 1.33. The van der Waals surface area contributed by atoms with Gasteiger partial charge in [0.05, 0.1) is 24.6 Å². The molecule has 2 aromatic rings. The molecule has 5 rings (SSSR count). The fraction of sp³-hybridized carbons (Fsp3) is 0.548. The van der Waals surface area contributed by atoms with E-state index in [-0.39, 0.29) is 37.1 Å². The molecule has 1 saturated carbocycles. The van der Waals surface area contributed by atoms with Crippen LogP contribution in [0.25, 0.3) is 0 Å². The summed E-state index contributed by atoms with van der Waals surface area (Å²) in [4.78, 5) is 35.6. The number of aromatic nitrogens is 1. The average Bonchev–Trinajstić information content (AvgIpc) is 3.62. The summed E-state index contributed by atoms with van der Waals surface area (Å²) in [6, 6.07) is 3.36. The van der Waals surface area contributed by atoms with E-state index in [0.717, 1.165) is 12.8 Å². The predicted octanol–water partition coefficient (Wildman–Crippen LogP) is 4.83. The van der Waals surface area contributed by atoms with Crippen LogP contribution >= 0.6 is 11.3 Å². The summed E-state index contributed by atoms with van der Waals surface area (Å²) in [5.41, 5.74) is 1.34. The second-order valence-electron chi connectivity index (χ2n) is 11.7. The molecule has 3 heterocycles. The van der Waals surface area contributed by atoms with Crippen molar-refractivity contribution >= 4 is 29.1 Å². The smallest absolute Gasteiger partial charge is 0.338 e. The zero-order chi connectivity index (χ0) is 31.4. The fourth-order valence-corrected chi connectivity index (χ4v) is 6.99. The van der Waals surface area contributed by atoms with Gasteiger partial charge in [-0.05, 0) is 69.7 Å². The van der Waals surface area contributed by atoms with Gasteiger partial charge in [-0.2, -0.15) is 0 Å². The first-order chi connectivity index (χ1) is 21.1. The number of nitrogens with zero attached hydrogens (tertiary/aromatic N) is 3. The van der Waals surface area contributed by atoms with Crippen LogP contribution in [0, 0.1) is 18.7 Å². The zero-order valence-electron chi connectivity index (χ0n) is 24.8. The number of aliphatic carboxylic acids is 1. The standard InChI is InChI=1S/C31H38F3N5O4S/c1-3-43-30(42)25-24(37-27(28-36-13-14-44-28)38-26(25)22-5-4-6-23(32)18(22)2)16-39-17-31(33,34)15-21(39)11-12-35-20-9-7-19(8-10-20)29(40)41/h4-6,13-14,19-21,26,35H,3,7-12,15-17H2,1-2H3,(H,37,38)(H,40,41)/t19?,20?,21-,26-/m0/s1. The van der Waals surface area contributed by atoms with Crippen molar-refractivity contribution in [1.29, 1.82) is 0 Å². The molecule has 0 spiro atoms. The van der Waals surface area contributed by atoms with E-state index in [1.165, 1.54) is 17.4 Å². The molecule has 1 aromatic carbocycles. The molecule has 0 unspecified atom stereocenters. The number of thiazole rings is 1. The van der Waals surface area contributed by atoms with Gasteiger partial charge in [0.15, 0.2) is 10.8 Å². The monoisotopic (exact) mass is 633 g/mol. The normalized spacial score (nSPS) is 25.4. The lowest BCUT2D eigenvalue weighted by atomic mass is 9.86. The number of alkyl halides is 2. The molecule has 1 saturated heterocycles. The lowest BCUT2D eigenvalue weighted by molar-refractivity contribution is -0.143. The van der Waals surface area contributed by atoms with Gasteiger partial charge < -0.3 is 20.5 Å². The highest BCUT2D eigenvalue weighted by Crippen LogP contribution is 2.38. The molecule has 2 atom stereocenters. The van der Waals surface area contributed by atoms with Crippen LogP contribution in [0.15, 0.2) is 46.0 Å². The van der Waals surface area contributed by atoms with Crippen molar-refractivity contribution in [3.05, 3.63) is 63.0 Å². The van der Waals surface area contributed by atoms with Crippen molar-refractivity contribution in [2.24, 2.45) is 10.9 Å². The summed E-state index contributed by atoms with van der Waals surface area (Å²) in [7, 11) is 0. The molecule has 2 fully saturated rings. The van der Waals surface area contributed by atoms with Gasteiger partial charge in [-0.15, -0.1) is 11.3 Å². The number of aliphatic imine (C=N–C) groups is 1. The quantitative estimate of drug-likeness (QED) is 0.302. The maximum atomic E-state index is 14.9. The van der Waals surface area contributed by atoms with Crippen LogP contribution < -0.4 is 10.6 Å². The molecule has 13 heteroatoms. The van der Waals surface area contributed by atoms with Gasteiger partial charge in [0.2, 0.25) is 0 Å². The van der Waals surface area contributed by atoms with Crippen LogP contribution in [0.1, 0.15) is 67.6 Å². The number of amidine groups is 1. The molecular formula is C31H38F3N5O4S. The highest BCUT2D eigenvalue weighted by atomic mass is 32.1. The van der Waals surface area contributed by atoms with E-state index in [4.69, 9.17) is 9.73 Å². The van der Waals surface area contributed by atoms with Crippen molar-refractivity contribution in [3.63, 3.8) is 0 Å². The predicted molar refractivity (Wildman–Crippen MR) is 160 cm³/mol. The first-order valence-corrected chi connectivity index (χ1v) is 15.9. The topological polar surface area (TPSA) is 116 Å². The Kier molecular flexibility index (Phi) is 10.1. The van der Waals surface area contributed by atoms with E-state index < -0.39 is 42.3 Å². The summed E-state index contributed by atoms with van der Waals surface area (Å²) < 4.78 is 49.9. The fourth-order valence-electron chi connectivity index (χ4n) is 6.40. The minimum atomic E-state index is -2.91. The number of carboxylic acid groups (broad SMARTS) is 1. The number of hydrogen-bond donors (Lipinski definition) is 3. The number of carbonyl (C=O) groups excluding carboxylic acids is 1. The lowest BCUT2D eigenvalue weighted by Crippen LogP contribution is -2.42. The van der Waals surface area contributed by atoms with Crippen molar-refractivity contribution in [2.45, 2.75) is 76.4 Å². The van der Waals surface area contributed by atoms with Crippen LogP contribution in [-0.4, -0.2) is 77.0 Å². The van der Waals surface area contributed by atoms with Crippen molar-refractivity contribution < 1.29 is 32.6 Å². The summed E-state index contributed by atoms with van der Waals surface area (Å²) in [5, 5.41) is 18.2. The zero-order valence-corrected chi connectivity index (χ0v) is 25.6. The van der Waals surface area contributed by atoms with Gasteiger partial charge in [0.1, 0.15) is 11.9 Å². The van der Waals surface area contributed by atoms with Crippen molar-refractivity contribution in [3.8, 4) is 0 Å². The summed E-state index contributed by atoms with van der Waals surface area (Å²) in [5.74, 6) is -4.71. The van der Waals surface area contributed by atoms with Crippen LogP contribution in [0.2, 0.25) is 0 Å². The van der Waals surface area contributed by atoms with E-state index in [9.17, 15) is 27.9 Å². The minimum Gasteiger partial charge on any atom is -0.481 e. The number of ether oxygens (including phenoxy) is 1. The SMILES string of the molecule is CCOC(=O)C1=C(CN2CC(F)(F)C[C@@H]2CCNC2CCC(C(=O)O)CC2)NC(c2nccs2)=N[C@H]1c1cccc(F)c1C. The summed E-state index contributed by atoms with van der Waals surface area (Å²) in [6.45, 7) is 3.43. The third-order valence-electron chi connectivity index (χ3n) is 8.69. The molecule has 44 heavy (non-hydrogen) atoms. The third kappa shape index (κ3) is 7.32. The van der Waals surface area contributed by atoms with Gasteiger partial charge in [0, 0.05) is 42.3 Å². The van der Waals surface area contributed by atoms with Crippen LogP contribution in [-0.2, 0) is 14.3 Å². The maximum absolute atomic E-state index is 14.9.